The van der Waals surface area contributed by atoms with Crippen LogP contribution in [0.4, 0.5) is 17.3 Å². The van der Waals surface area contributed by atoms with Crippen LogP contribution in [0.2, 0.25) is 0 Å². The summed E-state index contributed by atoms with van der Waals surface area (Å²) in [4.78, 5) is 2.03. The van der Waals surface area contributed by atoms with Crippen LogP contribution in [0.15, 0.2) is 72.8 Å². The lowest BCUT2D eigenvalue weighted by atomic mass is 10.2. The molecule has 6 nitrogen and oxygen atoms in total. The van der Waals surface area contributed by atoms with Crippen LogP contribution in [0.3, 0.4) is 0 Å². The SMILES string of the molecule is CCS(=O)(=O)Nc1ccc(N(Cc2ccccc2)c2ccccc2)nn1. The second-order valence-electron chi connectivity index (χ2n) is 5.69. The Balaban J connectivity index is 1.89. The van der Waals surface area contributed by atoms with E-state index in [1.54, 1.807) is 19.1 Å². The molecule has 0 bridgehead atoms. The second-order valence-corrected chi connectivity index (χ2v) is 7.70. The van der Waals surface area contributed by atoms with Gasteiger partial charge in [-0.05, 0) is 36.8 Å². The van der Waals surface area contributed by atoms with Gasteiger partial charge in [0.1, 0.15) is 0 Å². The average molecular weight is 368 g/mol. The molecule has 0 aliphatic heterocycles. The molecule has 0 radical (unpaired) electrons. The predicted octanol–water partition coefficient (Wildman–Crippen LogP) is 3.58. The molecule has 7 heteroatoms. The van der Waals surface area contributed by atoms with Crippen LogP contribution >= 0.6 is 0 Å². The van der Waals surface area contributed by atoms with E-state index in [2.05, 4.69) is 14.9 Å². The topological polar surface area (TPSA) is 75.2 Å². The fourth-order valence-corrected chi connectivity index (χ4v) is 3.01. The van der Waals surface area contributed by atoms with Crippen LogP contribution in [-0.2, 0) is 16.6 Å². The van der Waals surface area contributed by atoms with Crippen molar-refractivity contribution in [1.29, 1.82) is 0 Å². The third kappa shape index (κ3) is 4.58. The highest BCUT2D eigenvalue weighted by molar-refractivity contribution is 7.92. The molecule has 0 unspecified atom stereocenters. The maximum absolute atomic E-state index is 11.7. The minimum Gasteiger partial charge on any atom is -0.320 e. The summed E-state index contributed by atoms with van der Waals surface area (Å²) in [5.41, 5.74) is 2.11. The van der Waals surface area contributed by atoms with Crippen LogP contribution in [0.1, 0.15) is 12.5 Å². The van der Waals surface area contributed by atoms with Gasteiger partial charge in [-0.3, -0.25) is 4.72 Å². The molecule has 2 aromatic carbocycles. The summed E-state index contributed by atoms with van der Waals surface area (Å²) in [5, 5.41) is 8.24. The quantitative estimate of drug-likeness (QED) is 0.690. The molecule has 1 N–H and O–H groups in total. The van der Waals surface area contributed by atoms with Crippen LogP contribution in [-0.4, -0.2) is 24.4 Å². The van der Waals surface area contributed by atoms with Crippen LogP contribution in [0, 0.1) is 0 Å². The third-order valence-electron chi connectivity index (χ3n) is 3.82. The molecule has 3 rings (SSSR count). The van der Waals surface area contributed by atoms with Gasteiger partial charge < -0.3 is 4.90 Å². The molecule has 0 aliphatic rings. The van der Waals surface area contributed by atoms with E-state index in [9.17, 15) is 8.42 Å². The molecule has 134 valence electrons. The molecular weight excluding hydrogens is 348 g/mol. The first kappa shape index (κ1) is 17.9. The van der Waals surface area contributed by atoms with Crippen molar-refractivity contribution in [2.75, 3.05) is 15.4 Å². The van der Waals surface area contributed by atoms with E-state index in [1.165, 1.54) is 0 Å². The summed E-state index contributed by atoms with van der Waals surface area (Å²) < 4.78 is 25.7. The van der Waals surface area contributed by atoms with Crippen molar-refractivity contribution in [2.24, 2.45) is 0 Å². The Hall–Kier alpha value is -2.93. The van der Waals surface area contributed by atoms with Crippen molar-refractivity contribution >= 4 is 27.3 Å². The summed E-state index contributed by atoms with van der Waals surface area (Å²) in [6.07, 6.45) is 0. The zero-order valence-electron chi connectivity index (χ0n) is 14.4. The second kappa shape index (κ2) is 7.97. The smallest absolute Gasteiger partial charge is 0.233 e. The molecule has 0 fully saturated rings. The van der Waals surface area contributed by atoms with Crippen molar-refractivity contribution in [2.45, 2.75) is 13.5 Å². The summed E-state index contributed by atoms with van der Waals surface area (Å²) in [6.45, 7) is 2.20. The standard InChI is InChI=1S/C19H20N4O2S/c1-2-26(24,25)22-18-13-14-19(21-20-18)23(17-11-7-4-8-12-17)15-16-9-5-3-6-10-16/h3-14H,2,15H2,1H3,(H,20,22). The van der Waals surface area contributed by atoms with Gasteiger partial charge in [0.2, 0.25) is 10.0 Å². The zero-order valence-corrected chi connectivity index (χ0v) is 15.2. The lowest BCUT2D eigenvalue weighted by molar-refractivity contribution is 0.602. The number of benzene rings is 2. The Morgan fingerprint density at radius 1 is 0.885 bits per heavy atom. The summed E-state index contributed by atoms with van der Waals surface area (Å²) in [7, 11) is -3.37. The third-order valence-corrected chi connectivity index (χ3v) is 5.10. The highest BCUT2D eigenvalue weighted by Crippen LogP contribution is 2.25. The van der Waals surface area contributed by atoms with Gasteiger partial charge in [-0.2, -0.15) is 0 Å². The van der Waals surface area contributed by atoms with E-state index in [1.807, 2.05) is 65.6 Å². The molecule has 0 saturated heterocycles. The number of sulfonamides is 1. The van der Waals surface area contributed by atoms with Crippen LogP contribution in [0.5, 0.6) is 0 Å². The van der Waals surface area contributed by atoms with E-state index < -0.39 is 10.0 Å². The van der Waals surface area contributed by atoms with Crippen LogP contribution in [0.25, 0.3) is 0 Å². The molecule has 1 aromatic heterocycles. The van der Waals surface area contributed by atoms with E-state index in [-0.39, 0.29) is 11.6 Å². The Labute approximate surface area is 153 Å². The number of rotatable bonds is 7. The average Bonchev–Trinajstić information content (AvgIpc) is 2.68. The van der Waals surface area contributed by atoms with E-state index >= 15 is 0 Å². The van der Waals surface area contributed by atoms with Gasteiger partial charge in [0.15, 0.2) is 11.6 Å². The number of anilines is 3. The predicted molar refractivity (Wildman–Crippen MR) is 104 cm³/mol. The molecule has 1 heterocycles. The molecule has 26 heavy (non-hydrogen) atoms. The van der Waals surface area contributed by atoms with Crippen molar-refractivity contribution in [3.63, 3.8) is 0 Å². The minimum absolute atomic E-state index is 0.0133. The first-order valence-corrected chi connectivity index (χ1v) is 9.93. The highest BCUT2D eigenvalue weighted by Gasteiger charge is 2.13. The normalized spacial score (nSPS) is 11.1. The van der Waals surface area contributed by atoms with Gasteiger partial charge in [0.05, 0.1) is 5.75 Å². The zero-order chi connectivity index (χ0) is 18.4. The Morgan fingerprint density at radius 3 is 2.12 bits per heavy atom. The molecule has 0 amide bonds. The van der Waals surface area contributed by atoms with Crippen molar-refractivity contribution < 1.29 is 8.42 Å². The van der Waals surface area contributed by atoms with E-state index in [0.29, 0.717) is 12.4 Å². The number of aromatic nitrogens is 2. The van der Waals surface area contributed by atoms with Gasteiger partial charge in [-0.1, -0.05) is 48.5 Å². The summed E-state index contributed by atoms with van der Waals surface area (Å²) in [5.74, 6) is 0.837. The molecule has 0 aliphatic carbocycles. The van der Waals surface area contributed by atoms with Crippen LogP contribution < -0.4 is 9.62 Å². The fraction of sp³-hybridized carbons (Fsp3) is 0.158. The number of hydrogen-bond acceptors (Lipinski definition) is 5. The Morgan fingerprint density at radius 2 is 1.54 bits per heavy atom. The maximum Gasteiger partial charge on any atom is 0.233 e. The molecular formula is C19H20N4O2S. The van der Waals surface area contributed by atoms with Crippen molar-refractivity contribution in [3.8, 4) is 0 Å². The number of nitrogens with zero attached hydrogens (tertiary/aromatic N) is 3. The van der Waals surface area contributed by atoms with Gasteiger partial charge in [0, 0.05) is 12.2 Å². The Bertz CT molecular complexity index is 930. The van der Waals surface area contributed by atoms with Crippen molar-refractivity contribution in [3.05, 3.63) is 78.4 Å². The van der Waals surface area contributed by atoms with Gasteiger partial charge in [-0.25, -0.2) is 8.42 Å². The first-order chi connectivity index (χ1) is 12.6. The number of nitrogens with one attached hydrogen (secondary N) is 1. The van der Waals surface area contributed by atoms with Gasteiger partial charge >= 0.3 is 0 Å². The lowest BCUT2D eigenvalue weighted by Gasteiger charge is -2.23. The molecule has 3 aromatic rings. The lowest BCUT2D eigenvalue weighted by Crippen LogP contribution is -2.19. The molecule has 0 atom stereocenters. The molecule has 0 spiro atoms. The summed E-state index contributed by atoms with van der Waals surface area (Å²) >= 11 is 0. The first-order valence-electron chi connectivity index (χ1n) is 8.28. The minimum atomic E-state index is -3.37. The largest absolute Gasteiger partial charge is 0.320 e. The van der Waals surface area contributed by atoms with Gasteiger partial charge in [0.25, 0.3) is 0 Å². The maximum atomic E-state index is 11.7. The highest BCUT2D eigenvalue weighted by atomic mass is 32.2. The monoisotopic (exact) mass is 368 g/mol. The number of para-hydroxylation sites is 1. The Kier molecular flexibility index (Phi) is 5.48. The summed E-state index contributed by atoms with van der Waals surface area (Å²) in [6, 6.07) is 23.3. The fourth-order valence-electron chi connectivity index (χ4n) is 2.43. The van der Waals surface area contributed by atoms with E-state index in [0.717, 1.165) is 11.3 Å². The van der Waals surface area contributed by atoms with Crippen molar-refractivity contribution in [1.82, 2.24) is 10.2 Å². The number of hydrogen-bond donors (Lipinski definition) is 1. The molecule has 0 saturated carbocycles. The van der Waals surface area contributed by atoms with E-state index in [4.69, 9.17) is 0 Å². The van der Waals surface area contributed by atoms with Gasteiger partial charge in [-0.15, -0.1) is 10.2 Å².